The second-order valence-corrected chi connectivity index (χ2v) is 5.99. The minimum atomic E-state index is -0.365. The number of rotatable bonds is 0. The van der Waals surface area contributed by atoms with Gasteiger partial charge in [0.1, 0.15) is 6.10 Å². The van der Waals surface area contributed by atoms with E-state index in [1.807, 2.05) is 20.8 Å². The summed E-state index contributed by atoms with van der Waals surface area (Å²) < 4.78 is 5.35. The molecule has 4 heteroatoms. The lowest BCUT2D eigenvalue weighted by molar-refractivity contribution is -0.144. The maximum absolute atomic E-state index is 11.8. The fraction of sp³-hybridized carbons (Fsp3) is 0.938. The monoisotopic (exact) mass is 285 g/mol. The highest BCUT2D eigenvalue weighted by atomic mass is 16.6. The largest absolute Gasteiger partial charge is 0.460 e. The van der Waals surface area contributed by atoms with Gasteiger partial charge in [0.2, 0.25) is 0 Å². The summed E-state index contributed by atoms with van der Waals surface area (Å²) in [5, 5.41) is 7.00. The molecule has 4 nitrogen and oxygen atoms in total. The molecule has 1 heterocycles. The van der Waals surface area contributed by atoms with Crippen LogP contribution in [0.1, 0.15) is 59.3 Å². The summed E-state index contributed by atoms with van der Waals surface area (Å²) in [4.78, 5) is 11.8. The number of nitrogens with two attached hydrogens (primary N) is 1. The second-order valence-electron chi connectivity index (χ2n) is 5.99. The molecule has 1 aliphatic heterocycles. The Morgan fingerprint density at radius 2 is 1.75 bits per heavy atom. The third-order valence-electron chi connectivity index (χ3n) is 5.20. The smallest absolute Gasteiger partial charge is 0.311 e. The van der Waals surface area contributed by atoms with Crippen LogP contribution in [0.5, 0.6) is 0 Å². The molecule has 0 aromatic carbocycles. The zero-order valence-electron chi connectivity index (χ0n) is 13.4. The second kappa shape index (κ2) is 7.41. The molecule has 5 unspecified atom stereocenters. The van der Waals surface area contributed by atoms with Crippen LogP contribution in [0.4, 0.5) is 0 Å². The van der Waals surface area contributed by atoms with E-state index in [0.717, 1.165) is 31.8 Å². The topological polar surface area (TPSA) is 72.5 Å². The maximum atomic E-state index is 11.8. The van der Waals surface area contributed by atoms with Crippen molar-refractivity contribution < 1.29 is 14.6 Å². The number of aliphatic hydroxyl groups excluding tert-OH is 1. The van der Waals surface area contributed by atoms with Crippen molar-refractivity contribution in [3.8, 4) is 0 Å². The molecule has 3 rings (SSSR count). The van der Waals surface area contributed by atoms with Crippen molar-refractivity contribution >= 4 is 5.97 Å². The number of fused-ring (bicyclic) bond motifs is 2. The van der Waals surface area contributed by atoms with Crippen LogP contribution in [0.2, 0.25) is 0 Å². The van der Waals surface area contributed by atoms with Crippen LogP contribution in [0.15, 0.2) is 0 Å². The first kappa shape index (κ1) is 17.4. The molecule has 0 spiro atoms. The van der Waals surface area contributed by atoms with Crippen LogP contribution in [0.25, 0.3) is 0 Å². The van der Waals surface area contributed by atoms with E-state index in [9.17, 15) is 4.79 Å². The molecule has 118 valence electrons. The lowest BCUT2D eigenvalue weighted by Gasteiger charge is -2.45. The van der Waals surface area contributed by atoms with E-state index in [2.05, 4.69) is 0 Å². The van der Waals surface area contributed by atoms with Crippen molar-refractivity contribution in [3.63, 3.8) is 0 Å². The third kappa shape index (κ3) is 3.01. The van der Waals surface area contributed by atoms with E-state index in [1.165, 1.54) is 25.7 Å². The Balaban J connectivity index is 0.000000461. The first-order valence-electron chi connectivity index (χ1n) is 8.05. The Bertz CT molecular complexity index is 321. The quantitative estimate of drug-likeness (QED) is 0.671. The number of carbonyl (C=O) groups excluding carboxylic acids is 1. The van der Waals surface area contributed by atoms with Crippen LogP contribution in [0.3, 0.4) is 0 Å². The standard InChI is InChI=1S/C13H21NO2.C2H6.CH4O/c1-8-13(14)7-10-5-3-2-4-9(10)6-11(13)12(15)16-8;2*1-2/h8-11H,2-7,14H2,1H3;1-2H3;2H,1H3. The number of carbonyl (C=O) groups is 1. The van der Waals surface area contributed by atoms with Gasteiger partial charge in [-0.2, -0.15) is 0 Å². The summed E-state index contributed by atoms with van der Waals surface area (Å²) in [6.45, 7) is 5.96. The molecule has 20 heavy (non-hydrogen) atoms. The zero-order chi connectivity index (χ0) is 15.3. The normalized spacial score (nSPS) is 42.0. The van der Waals surface area contributed by atoms with E-state index in [4.69, 9.17) is 15.6 Å². The third-order valence-corrected chi connectivity index (χ3v) is 5.20. The maximum Gasteiger partial charge on any atom is 0.311 e. The Labute approximate surface area is 123 Å². The molecule has 0 aromatic heterocycles. The van der Waals surface area contributed by atoms with Crippen molar-refractivity contribution in [1.29, 1.82) is 0 Å². The van der Waals surface area contributed by atoms with Crippen LogP contribution >= 0.6 is 0 Å². The molecule has 3 N–H and O–H groups in total. The molecule has 0 bridgehead atoms. The van der Waals surface area contributed by atoms with Crippen molar-refractivity contribution in [2.45, 2.75) is 70.9 Å². The first-order valence-corrected chi connectivity index (χ1v) is 8.05. The lowest BCUT2D eigenvalue weighted by atomic mass is 9.60. The summed E-state index contributed by atoms with van der Waals surface area (Å²) in [5.41, 5.74) is 6.09. The number of hydrogen-bond acceptors (Lipinski definition) is 4. The SMILES string of the molecule is CC.CC1OC(=O)C2CC3CCCCC3CC12N.CO. The molecule has 5 atom stereocenters. The minimum Gasteiger partial charge on any atom is -0.460 e. The Morgan fingerprint density at radius 3 is 2.35 bits per heavy atom. The molecule has 3 fully saturated rings. The molecule has 3 aliphatic rings. The van der Waals surface area contributed by atoms with Gasteiger partial charge in [0.15, 0.2) is 0 Å². The number of aliphatic hydroxyl groups is 1. The number of ether oxygens (including phenoxy) is 1. The predicted molar refractivity (Wildman–Crippen MR) is 80.1 cm³/mol. The van der Waals surface area contributed by atoms with Gasteiger partial charge in [-0.25, -0.2) is 0 Å². The van der Waals surface area contributed by atoms with E-state index < -0.39 is 0 Å². The van der Waals surface area contributed by atoms with Crippen molar-refractivity contribution in [3.05, 3.63) is 0 Å². The van der Waals surface area contributed by atoms with Crippen LogP contribution < -0.4 is 5.73 Å². The molecule has 0 aromatic rings. The molecule has 2 saturated carbocycles. The number of hydrogen-bond donors (Lipinski definition) is 2. The van der Waals surface area contributed by atoms with E-state index in [1.54, 1.807) is 0 Å². The molecule has 2 aliphatic carbocycles. The average molecular weight is 285 g/mol. The van der Waals surface area contributed by atoms with Gasteiger partial charge in [0.25, 0.3) is 0 Å². The van der Waals surface area contributed by atoms with Crippen molar-refractivity contribution in [1.82, 2.24) is 0 Å². The predicted octanol–water partition coefficient (Wildman–Crippen LogP) is 2.48. The summed E-state index contributed by atoms with van der Waals surface area (Å²) >= 11 is 0. The summed E-state index contributed by atoms with van der Waals surface area (Å²) in [5.74, 6) is 1.40. The fourth-order valence-corrected chi connectivity index (χ4v) is 4.11. The molecule has 1 saturated heterocycles. The van der Waals surface area contributed by atoms with Crippen LogP contribution in [-0.2, 0) is 9.53 Å². The Kier molecular flexibility index (Phi) is 6.46. The number of cyclic esters (lactones) is 1. The highest BCUT2D eigenvalue weighted by molar-refractivity contribution is 5.77. The van der Waals surface area contributed by atoms with E-state index in [0.29, 0.717) is 0 Å². The van der Waals surface area contributed by atoms with Gasteiger partial charge in [0.05, 0.1) is 11.5 Å². The summed E-state index contributed by atoms with van der Waals surface area (Å²) in [7, 11) is 1.00. The van der Waals surface area contributed by atoms with Crippen LogP contribution in [0, 0.1) is 17.8 Å². The molecular formula is C16H31NO3. The lowest BCUT2D eigenvalue weighted by Crippen LogP contribution is -2.57. The van der Waals surface area contributed by atoms with Gasteiger partial charge < -0.3 is 15.6 Å². The Morgan fingerprint density at radius 1 is 1.20 bits per heavy atom. The minimum absolute atomic E-state index is 0.0261. The molecule has 0 radical (unpaired) electrons. The van der Waals surface area contributed by atoms with Crippen molar-refractivity contribution in [2.75, 3.05) is 7.11 Å². The summed E-state index contributed by atoms with van der Waals surface area (Å²) in [6.07, 6.45) is 7.14. The van der Waals surface area contributed by atoms with E-state index >= 15 is 0 Å². The van der Waals surface area contributed by atoms with Crippen LogP contribution in [-0.4, -0.2) is 29.8 Å². The fourth-order valence-electron chi connectivity index (χ4n) is 4.11. The van der Waals surface area contributed by atoms with Gasteiger partial charge in [0, 0.05) is 7.11 Å². The van der Waals surface area contributed by atoms with Gasteiger partial charge in [-0.15, -0.1) is 0 Å². The van der Waals surface area contributed by atoms with Gasteiger partial charge in [-0.05, 0) is 31.6 Å². The average Bonchev–Trinajstić information content (AvgIpc) is 2.71. The first-order chi connectivity index (χ1) is 9.61. The van der Waals surface area contributed by atoms with Crippen molar-refractivity contribution in [2.24, 2.45) is 23.5 Å². The Hall–Kier alpha value is -0.610. The van der Waals surface area contributed by atoms with Gasteiger partial charge in [-0.1, -0.05) is 39.5 Å². The van der Waals surface area contributed by atoms with E-state index in [-0.39, 0.29) is 23.5 Å². The number of esters is 1. The van der Waals surface area contributed by atoms with Gasteiger partial charge >= 0.3 is 5.97 Å². The van der Waals surface area contributed by atoms with Gasteiger partial charge in [-0.3, -0.25) is 4.79 Å². The highest BCUT2D eigenvalue weighted by Crippen LogP contribution is 2.50. The molecular weight excluding hydrogens is 254 g/mol. The highest BCUT2D eigenvalue weighted by Gasteiger charge is 2.57. The summed E-state index contributed by atoms with van der Waals surface area (Å²) in [6, 6.07) is 0. The zero-order valence-corrected chi connectivity index (χ0v) is 13.4. The molecule has 0 amide bonds.